The highest BCUT2D eigenvalue weighted by atomic mass is 35.5. The molecule has 0 saturated carbocycles. The second kappa shape index (κ2) is 7.05. The van der Waals surface area contributed by atoms with Crippen molar-refractivity contribution in [2.24, 2.45) is 7.05 Å². The fourth-order valence-corrected chi connectivity index (χ4v) is 3.11. The van der Waals surface area contributed by atoms with Crippen LogP contribution in [0.2, 0.25) is 5.02 Å². The molecule has 1 aromatic carbocycles. The van der Waals surface area contributed by atoms with Crippen LogP contribution >= 0.6 is 11.6 Å². The second-order valence-corrected chi connectivity index (χ2v) is 6.37. The van der Waals surface area contributed by atoms with Gasteiger partial charge in [-0.05, 0) is 30.2 Å². The minimum atomic E-state index is -0.204. The zero-order valence-electron chi connectivity index (χ0n) is 13.4. The van der Waals surface area contributed by atoms with Crippen LogP contribution in [0.3, 0.4) is 0 Å². The van der Waals surface area contributed by atoms with Gasteiger partial charge in [0.1, 0.15) is 5.69 Å². The first-order chi connectivity index (χ1) is 11.5. The van der Waals surface area contributed by atoms with Crippen LogP contribution in [0.1, 0.15) is 22.5 Å². The Labute approximate surface area is 145 Å². The summed E-state index contributed by atoms with van der Waals surface area (Å²) in [6, 6.07) is 9.12. The van der Waals surface area contributed by atoms with E-state index in [9.17, 15) is 9.59 Å². The molecule has 2 heterocycles. The second-order valence-electron chi connectivity index (χ2n) is 5.93. The highest BCUT2D eigenvalue weighted by molar-refractivity contribution is 6.30. The largest absolute Gasteiger partial charge is 0.346 e. The average molecular weight is 347 g/mol. The molecule has 0 bridgehead atoms. The quantitative estimate of drug-likeness (QED) is 0.895. The third-order valence-electron chi connectivity index (χ3n) is 4.16. The molecule has 126 valence electrons. The zero-order chi connectivity index (χ0) is 17.1. The molecule has 1 aromatic heterocycles. The summed E-state index contributed by atoms with van der Waals surface area (Å²) in [4.78, 5) is 26.1. The summed E-state index contributed by atoms with van der Waals surface area (Å²) in [6.07, 6.45) is 2.65. The van der Waals surface area contributed by atoms with Crippen molar-refractivity contribution in [3.63, 3.8) is 0 Å². The number of aromatic nitrogens is 2. The van der Waals surface area contributed by atoms with Crippen molar-refractivity contribution in [1.82, 2.24) is 20.0 Å². The molecule has 2 aromatic rings. The highest BCUT2D eigenvalue weighted by Crippen LogP contribution is 2.15. The number of carbonyl (C=O) groups excluding carboxylic acids is 2. The Morgan fingerprint density at radius 1 is 1.42 bits per heavy atom. The fourth-order valence-electron chi connectivity index (χ4n) is 2.90. The van der Waals surface area contributed by atoms with Gasteiger partial charge >= 0.3 is 0 Å². The molecule has 0 spiro atoms. The van der Waals surface area contributed by atoms with Gasteiger partial charge in [0, 0.05) is 37.8 Å². The van der Waals surface area contributed by atoms with Crippen molar-refractivity contribution in [3.8, 4) is 0 Å². The molecule has 3 rings (SSSR count). The molecule has 0 aliphatic carbocycles. The van der Waals surface area contributed by atoms with Crippen molar-refractivity contribution < 1.29 is 9.59 Å². The van der Waals surface area contributed by atoms with Crippen molar-refractivity contribution in [1.29, 1.82) is 0 Å². The van der Waals surface area contributed by atoms with Crippen molar-refractivity contribution in [2.75, 3.05) is 13.1 Å². The van der Waals surface area contributed by atoms with Crippen LogP contribution < -0.4 is 5.32 Å². The van der Waals surface area contributed by atoms with E-state index >= 15 is 0 Å². The third kappa shape index (κ3) is 3.76. The summed E-state index contributed by atoms with van der Waals surface area (Å²) in [5.74, 6) is -0.142. The standard InChI is InChI=1S/C17H19ClN4O2/c1-21-15(5-7-19-21)17(24)20-14-10-16(23)22(11-14)8-6-12-3-2-4-13(18)9-12/h2-5,7,9,14H,6,8,10-11H2,1H3,(H,20,24)/t14-/m0/s1. The molecule has 6 nitrogen and oxygen atoms in total. The lowest BCUT2D eigenvalue weighted by atomic mass is 10.1. The van der Waals surface area contributed by atoms with Gasteiger partial charge in [0.05, 0.1) is 6.04 Å². The lowest BCUT2D eigenvalue weighted by molar-refractivity contribution is -0.127. The summed E-state index contributed by atoms with van der Waals surface area (Å²) in [5, 5.41) is 7.58. The van der Waals surface area contributed by atoms with Gasteiger partial charge < -0.3 is 10.2 Å². The van der Waals surface area contributed by atoms with Crippen LogP contribution in [0.15, 0.2) is 36.5 Å². The average Bonchev–Trinajstić information content (AvgIpc) is 3.11. The lowest BCUT2D eigenvalue weighted by Gasteiger charge is -2.17. The van der Waals surface area contributed by atoms with Crippen molar-refractivity contribution in [3.05, 3.63) is 52.8 Å². The van der Waals surface area contributed by atoms with E-state index in [-0.39, 0.29) is 17.9 Å². The topological polar surface area (TPSA) is 67.2 Å². The Hall–Kier alpha value is -2.34. The molecule has 0 unspecified atom stereocenters. The molecule has 1 fully saturated rings. The van der Waals surface area contributed by atoms with Gasteiger partial charge in [-0.25, -0.2) is 0 Å². The minimum absolute atomic E-state index is 0.0623. The van der Waals surface area contributed by atoms with Gasteiger partial charge in [0.15, 0.2) is 0 Å². The lowest BCUT2D eigenvalue weighted by Crippen LogP contribution is -2.38. The Balaban J connectivity index is 1.54. The van der Waals surface area contributed by atoms with Gasteiger partial charge in [-0.15, -0.1) is 0 Å². The van der Waals surface area contributed by atoms with Crippen molar-refractivity contribution >= 4 is 23.4 Å². The summed E-state index contributed by atoms with van der Waals surface area (Å²) in [5.41, 5.74) is 1.58. The smallest absolute Gasteiger partial charge is 0.269 e. The molecule has 1 aliphatic rings. The maximum Gasteiger partial charge on any atom is 0.269 e. The Morgan fingerprint density at radius 2 is 2.25 bits per heavy atom. The molecule has 24 heavy (non-hydrogen) atoms. The van der Waals surface area contributed by atoms with Crippen molar-refractivity contribution in [2.45, 2.75) is 18.9 Å². The highest BCUT2D eigenvalue weighted by Gasteiger charge is 2.30. The summed E-state index contributed by atoms with van der Waals surface area (Å²) in [7, 11) is 1.71. The van der Waals surface area contributed by atoms with E-state index in [1.54, 1.807) is 24.2 Å². The summed E-state index contributed by atoms with van der Waals surface area (Å²) >= 11 is 5.98. The number of likely N-dealkylation sites (tertiary alicyclic amines) is 1. The van der Waals surface area contributed by atoms with E-state index in [1.807, 2.05) is 24.3 Å². The van der Waals surface area contributed by atoms with Crippen LogP contribution in [-0.4, -0.2) is 45.6 Å². The zero-order valence-corrected chi connectivity index (χ0v) is 14.2. The molecular formula is C17H19ClN4O2. The first-order valence-corrected chi connectivity index (χ1v) is 8.22. The van der Waals surface area contributed by atoms with Crippen LogP contribution in [0.25, 0.3) is 0 Å². The van der Waals surface area contributed by atoms with E-state index in [4.69, 9.17) is 11.6 Å². The van der Waals surface area contributed by atoms with Crippen LogP contribution in [0, 0.1) is 0 Å². The van der Waals surface area contributed by atoms with Crippen LogP contribution in [-0.2, 0) is 18.3 Å². The van der Waals surface area contributed by atoms with Gasteiger partial charge in [0.2, 0.25) is 5.91 Å². The van der Waals surface area contributed by atoms with Gasteiger partial charge in [0.25, 0.3) is 5.91 Å². The number of nitrogens with zero attached hydrogens (tertiary/aromatic N) is 3. The maximum absolute atomic E-state index is 12.2. The summed E-state index contributed by atoms with van der Waals surface area (Å²) < 4.78 is 1.52. The fraction of sp³-hybridized carbons (Fsp3) is 0.353. The first-order valence-electron chi connectivity index (χ1n) is 7.84. The molecular weight excluding hydrogens is 328 g/mol. The van der Waals surface area contributed by atoms with Gasteiger partial charge in [-0.2, -0.15) is 5.10 Å². The Morgan fingerprint density at radius 3 is 2.96 bits per heavy atom. The molecule has 1 saturated heterocycles. The number of carbonyl (C=O) groups is 2. The Kier molecular flexibility index (Phi) is 4.85. The maximum atomic E-state index is 12.2. The SMILES string of the molecule is Cn1nccc1C(=O)N[C@H]1CC(=O)N(CCc2cccc(Cl)c2)C1. The van der Waals surface area contributed by atoms with Gasteiger partial charge in [-0.1, -0.05) is 23.7 Å². The van der Waals surface area contributed by atoms with E-state index in [0.29, 0.717) is 30.2 Å². The summed E-state index contributed by atoms with van der Waals surface area (Å²) in [6.45, 7) is 1.15. The number of benzene rings is 1. The number of aryl methyl sites for hydroxylation is 1. The molecule has 2 amide bonds. The van der Waals surface area contributed by atoms with E-state index in [0.717, 1.165) is 12.0 Å². The van der Waals surface area contributed by atoms with E-state index in [1.165, 1.54) is 4.68 Å². The number of amides is 2. The first kappa shape index (κ1) is 16.5. The number of nitrogens with one attached hydrogen (secondary N) is 1. The van der Waals surface area contributed by atoms with Crippen LogP contribution in [0.4, 0.5) is 0 Å². The number of halogens is 1. The molecule has 0 radical (unpaired) electrons. The van der Waals surface area contributed by atoms with Crippen LogP contribution in [0.5, 0.6) is 0 Å². The molecule has 7 heteroatoms. The number of hydrogen-bond acceptors (Lipinski definition) is 3. The molecule has 1 atom stereocenters. The number of rotatable bonds is 5. The third-order valence-corrected chi connectivity index (χ3v) is 4.40. The van der Waals surface area contributed by atoms with Gasteiger partial charge in [-0.3, -0.25) is 14.3 Å². The van der Waals surface area contributed by atoms with E-state index in [2.05, 4.69) is 10.4 Å². The number of hydrogen-bond donors (Lipinski definition) is 1. The normalized spacial score (nSPS) is 17.3. The Bertz CT molecular complexity index is 759. The van der Waals surface area contributed by atoms with E-state index < -0.39 is 0 Å². The minimum Gasteiger partial charge on any atom is -0.346 e. The predicted octanol–water partition coefficient (Wildman–Crippen LogP) is 1.65. The molecule has 1 aliphatic heterocycles. The predicted molar refractivity (Wildman–Crippen MR) is 90.8 cm³/mol. The molecule has 1 N–H and O–H groups in total. The monoisotopic (exact) mass is 346 g/mol.